The van der Waals surface area contributed by atoms with Crippen LogP contribution in [0.4, 0.5) is 0 Å². The van der Waals surface area contributed by atoms with Crippen molar-refractivity contribution in [3.8, 4) is 0 Å². The number of nitrogens with zero attached hydrogens (tertiary/aromatic N) is 1. The summed E-state index contributed by atoms with van der Waals surface area (Å²) in [6, 6.07) is 8.40. The van der Waals surface area contributed by atoms with Crippen molar-refractivity contribution in [1.82, 2.24) is 9.62 Å². The van der Waals surface area contributed by atoms with Crippen LogP contribution in [-0.2, 0) is 19.6 Å². The summed E-state index contributed by atoms with van der Waals surface area (Å²) in [4.78, 5) is 24.1. The molecule has 1 aromatic rings. The Kier molecular flexibility index (Phi) is 6.77. The summed E-state index contributed by atoms with van der Waals surface area (Å²) in [5, 5.41) is 12.2. The van der Waals surface area contributed by atoms with E-state index in [1.165, 1.54) is 4.31 Å². The molecule has 1 saturated heterocycles. The Morgan fingerprint density at radius 2 is 1.81 bits per heavy atom. The largest absolute Gasteiger partial charge is 0.481 e. The number of sulfonamides is 1. The molecule has 1 aromatic carbocycles. The number of nitrogens with one attached hydrogen (secondary N) is 1. The molecule has 1 fully saturated rings. The van der Waals surface area contributed by atoms with Gasteiger partial charge < -0.3 is 10.4 Å². The third kappa shape index (κ3) is 4.82. The van der Waals surface area contributed by atoms with Crippen molar-refractivity contribution in [1.29, 1.82) is 0 Å². The topological polar surface area (TPSA) is 104 Å². The Labute approximate surface area is 154 Å². The van der Waals surface area contributed by atoms with Gasteiger partial charge in [-0.1, -0.05) is 30.3 Å². The van der Waals surface area contributed by atoms with E-state index in [4.69, 9.17) is 0 Å². The zero-order valence-corrected chi connectivity index (χ0v) is 15.9. The van der Waals surface area contributed by atoms with Gasteiger partial charge in [0.05, 0.1) is 17.7 Å². The number of rotatable bonds is 7. The van der Waals surface area contributed by atoms with Crippen molar-refractivity contribution < 1.29 is 23.1 Å². The Morgan fingerprint density at radius 3 is 2.31 bits per heavy atom. The molecule has 2 unspecified atom stereocenters. The smallest absolute Gasteiger partial charge is 0.308 e. The maximum atomic E-state index is 12.7. The number of carbonyl (C=O) groups excluding carboxylic acids is 1. The van der Waals surface area contributed by atoms with Crippen LogP contribution in [-0.4, -0.2) is 48.5 Å². The predicted octanol–water partition coefficient (Wildman–Crippen LogP) is 1.63. The Morgan fingerprint density at radius 1 is 1.23 bits per heavy atom. The van der Waals surface area contributed by atoms with Crippen molar-refractivity contribution >= 4 is 21.9 Å². The van der Waals surface area contributed by atoms with Gasteiger partial charge in [0.1, 0.15) is 0 Å². The van der Waals surface area contributed by atoms with E-state index in [-0.39, 0.29) is 17.6 Å². The predicted molar refractivity (Wildman–Crippen MR) is 97.9 cm³/mol. The second-order valence-electron chi connectivity index (χ2n) is 6.60. The minimum absolute atomic E-state index is 0.0517. The first-order valence-corrected chi connectivity index (χ1v) is 10.4. The van der Waals surface area contributed by atoms with Crippen molar-refractivity contribution in [2.75, 3.05) is 18.8 Å². The number of hydrogen-bond donors (Lipinski definition) is 2. The lowest BCUT2D eigenvalue weighted by Crippen LogP contribution is -2.45. The van der Waals surface area contributed by atoms with E-state index in [1.807, 2.05) is 6.07 Å². The molecule has 8 heteroatoms. The van der Waals surface area contributed by atoms with Gasteiger partial charge >= 0.3 is 5.97 Å². The Bertz CT molecular complexity index is 727. The van der Waals surface area contributed by atoms with Gasteiger partial charge in [0.15, 0.2) is 0 Å². The molecule has 26 heavy (non-hydrogen) atoms. The van der Waals surface area contributed by atoms with E-state index in [9.17, 15) is 23.1 Å². The molecule has 0 saturated carbocycles. The molecule has 2 N–H and O–H groups in total. The second-order valence-corrected chi connectivity index (χ2v) is 8.86. The second kappa shape index (κ2) is 8.64. The number of amides is 1. The normalized spacial score (nSPS) is 18.8. The number of carbonyl (C=O) groups is 2. The van der Waals surface area contributed by atoms with Crippen LogP contribution >= 0.6 is 0 Å². The zero-order valence-electron chi connectivity index (χ0n) is 15.1. The Hall–Kier alpha value is -1.93. The summed E-state index contributed by atoms with van der Waals surface area (Å²) >= 11 is 0. The summed E-state index contributed by atoms with van der Waals surface area (Å²) in [7, 11) is -3.24. The highest BCUT2D eigenvalue weighted by Crippen LogP contribution is 2.25. The highest BCUT2D eigenvalue weighted by atomic mass is 32.2. The summed E-state index contributed by atoms with van der Waals surface area (Å²) in [6.07, 6.45) is 0.877. The van der Waals surface area contributed by atoms with Gasteiger partial charge in [0.25, 0.3) is 0 Å². The third-order valence-corrected chi connectivity index (χ3v) is 6.81. The first-order valence-electron chi connectivity index (χ1n) is 8.82. The maximum absolute atomic E-state index is 12.7. The van der Waals surface area contributed by atoms with Gasteiger partial charge in [-0.05, 0) is 32.3 Å². The van der Waals surface area contributed by atoms with Crippen molar-refractivity contribution in [3.63, 3.8) is 0 Å². The van der Waals surface area contributed by atoms with E-state index < -0.39 is 28.0 Å². The minimum Gasteiger partial charge on any atom is -0.481 e. The molecular weight excluding hydrogens is 356 g/mol. The average molecular weight is 382 g/mol. The third-order valence-electron chi connectivity index (χ3n) is 4.93. The molecule has 1 aliphatic rings. The number of benzene rings is 1. The van der Waals surface area contributed by atoms with E-state index in [1.54, 1.807) is 38.1 Å². The molecule has 0 bridgehead atoms. The van der Waals surface area contributed by atoms with Crippen molar-refractivity contribution in [3.05, 3.63) is 35.9 Å². The lowest BCUT2D eigenvalue weighted by atomic mass is 9.92. The Balaban J connectivity index is 2.05. The van der Waals surface area contributed by atoms with Crippen molar-refractivity contribution in [2.45, 2.75) is 32.7 Å². The minimum atomic E-state index is -3.24. The van der Waals surface area contributed by atoms with E-state index >= 15 is 0 Å². The molecule has 7 nitrogen and oxygen atoms in total. The number of carboxylic acid groups (broad SMARTS) is 1. The van der Waals surface area contributed by atoms with Crippen LogP contribution in [0.3, 0.4) is 0 Å². The molecule has 0 spiro atoms. The van der Waals surface area contributed by atoms with Gasteiger partial charge in [-0.2, -0.15) is 0 Å². The molecule has 1 amide bonds. The molecule has 2 rings (SSSR count). The molecule has 1 heterocycles. The molecule has 0 aliphatic carbocycles. The quantitative estimate of drug-likeness (QED) is 0.746. The van der Waals surface area contributed by atoms with Crippen LogP contribution < -0.4 is 5.32 Å². The fraction of sp³-hybridized carbons (Fsp3) is 0.556. The molecule has 144 valence electrons. The van der Waals surface area contributed by atoms with Crippen molar-refractivity contribution in [2.24, 2.45) is 11.8 Å². The maximum Gasteiger partial charge on any atom is 0.308 e. The number of carboxylic acids is 1. The van der Waals surface area contributed by atoms with Crippen LogP contribution in [0.5, 0.6) is 0 Å². The van der Waals surface area contributed by atoms with E-state index in [2.05, 4.69) is 5.32 Å². The summed E-state index contributed by atoms with van der Waals surface area (Å²) in [5.41, 5.74) is 0.738. The lowest BCUT2D eigenvalue weighted by molar-refractivity contribution is -0.142. The summed E-state index contributed by atoms with van der Waals surface area (Å²) in [5.74, 6) is -2.24. The monoisotopic (exact) mass is 382 g/mol. The number of piperidine rings is 1. The lowest BCUT2D eigenvalue weighted by Gasteiger charge is -2.32. The zero-order chi connectivity index (χ0) is 19.3. The van der Waals surface area contributed by atoms with Crippen LogP contribution in [0, 0.1) is 11.8 Å². The van der Waals surface area contributed by atoms with Gasteiger partial charge in [0.2, 0.25) is 15.9 Å². The molecule has 0 aromatic heterocycles. The highest BCUT2D eigenvalue weighted by molar-refractivity contribution is 7.89. The van der Waals surface area contributed by atoms with Gasteiger partial charge in [-0.15, -0.1) is 0 Å². The average Bonchev–Trinajstić information content (AvgIpc) is 2.66. The van der Waals surface area contributed by atoms with Crippen LogP contribution in [0.25, 0.3) is 0 Å². The molecule has 2 atom stereocenters. The fourth-order valence-electron chi connectivity index (χ4n) is 3.15. The summed E-state index contributed by atoms with van der Waals surface area (Å²) < 4.78 is 25.3. The SMILES string of the molecule is CCS(=O)(=O)N1CCC(C(=O)NC(c2ccccc2)C(C)C(=O)O)CC1. The first kappa shape index (κ1) is 20.4. The molecular formula is C18H26N2O5S. The standard InChI is InChI=1S/C18H26N2O5S/c1-3-26(24,25)20-11-9-15(10-12-20)17(21)19-16(13(2)18(22)23)14-7-5-4-6-8-14/h4-8,13,15-16H,3,9-12H2,1-2H3,(H,19,21)(H,22,23). The van der Waals surface area contributed by atoms with Gasteiger partial charge in [0, 0.05) is 19.0 Å². The molecule has 1 aliphatic heterocycles. The van der Waals surface area contributed by atoms with E-state index in [0.29, 0.717) is 25.9 Å². The summed E-state index contributed by atoms with van der Waals surface area (Å²) in [6.45, 7) is 3.81. The highest BCUT2D eigenvalue weighted by Gasteiger charge is 2.33. The van der Waals surface area contributed by atoms with Crippen LogP contribution in [0.1, 0.15) is 38.3 Å². The number of aliphatic carboxylic acids is 1. The first-order chi connectivity index (χ1) is 12.3. The van der Waals surface area contributed by atoms with Gasteiger partial charge in [-0.3, -0.25) is 9.59 Å². The fourth-order valence-corrected chi connectivity index (χ4v) is 4.28. The number of hydrogen-bond acceptors (Lipinski definition) is 4. The van der Waals surface area contributed by atoms with E-state index in [0.717, 1.165) is 5.56 Å². The van der Waals surface area contributed by atoms with Crippen LogP contribution in [0.15, 0.2) is 30.3 Å². The molecule has 0 radical (unpaired) electrons. The van der Waals surface area contributed by atoms with Crippen LogP contribution in [0.2, 0.25) is 0 Å². The van der Waals surface area contributed by atoms with Gasteiger partial charge in [-0.25, -0.2) is 12.7 Å².